The molecular formula is C13H19ClN2O. The van der Waals surface area contributed by atoms with Gasteiger partial charge < -0.3 is 15.3 Å². The van der Waals surface area contributed by atoms with Crippen LogP contribution in [0.4, 0.5) is 5.69 Å². The molecule has 0 radical (unpaired) electrons. The van der Waals surface area contributed by atoms with Crippen LogP contribution in [0.2, 0.25) is 5.02 Å². The van der Waals surface area contributed by atoms with Gasteiger partial charge in [0.2, 0.25) is 0 Å². The van der Waals surface area contributed by atoms with Crippen molar-refractivity contribution in [2.24, 2.45) is 0 Å². The zero-order valence-corrected chi connectivity index (χ0v) is 10.9. The van der Waals surface area contributed by atoms with Crippen LogP contribution in [-0.4, -0.2) is 37.4 Å². The van der Waals surface area contributed by atoms with Crippen molar-refractivity contribution in [2.75, 3.05) is 31.1 Å². The van der Waals surface area contributed by atoms with Crippen molar-refractivity contribution in [1.29, 1.82) is 0 Å². The van der Waals surface area contributed by atoms with E-state index >= 15 is 0 Å². The van der Waals surface area contributed by atoms with E-state index in [4.69, 9.17) is 16.7 Å². The van der Waals surface area contributed by atoms with Gasteiger partial charge in [-0.2, -0.15) is 0 Å². The van der Waals surface area contributed by atoms with Gasteiger partial charge in [-0.3, -0.25) is 0 Å². The van der Waals surface area contributed by atoms with Crippen LogP contribution in [-0.2, 0) is 0 Å². The summed E-state index contributed by atoms with van der Waals surface area (Å²) in [6, 6.07) is 6.52. The average Bonchev–Trinajstić information content (AvgIpc) is 2.75. The number of hydrogen-bond acceptors (Lipinski definition) is 3. The summed E-state index contributed by atoms with van der Waals surface area (Å²) in [6.07, 6.45) is 1.13. The van der Waals surface area contributed by atoms with Gasteiger partial charge in [0.15, 0.2) is 0 Å². The smallest absolute Gasteiger partial charge is 0.0556 e. The van der Waals surface area contributed by atoms with E-state index in [1.807, 2.05) is 12.1 Å². The predicted octanol–water partition coefficient (Wildman–Crippen LogP) is 1.81. The van der Waals surface area contributed by atoms with Crippen molar-refractivity contribution in [2.45, 2.75) is 19.4 Å². The van der Waals surface area contributed by atoms with E-state index in [2.05, 4.69) is 23.2 Å². The van der Waals surface area contributed by atoms with E-state index in [-0.39, 0.29) is 6.61 Å². The second-order valence-electron chi connectivity index (χ2n) is 4.54. The Hall–Kier alpha value is -0.770. The van der Waals surface area contributed by atoms with Crippen LogP contribution in [0.1, 0.15) is 12.0 Å². The lowest BCUT2D eigenvalue weighted by molar-refractivity contribution is 0.286. The fourth-order valence-corrected chi connectivity index (χ4v) is 2.61. The highest BCUT2D eigenvalue weighted by atomic mass is 35.5. The molecule has 0 aliphatic carbocycles. The van der Waals surface area contributed by atoms with E-state index in [1.165, 1.54) is 11.3 Å². The quantitative estimate of drug-likeness (QED) is 0.860. The van der Waals surface area contributed by atoms with Crippen LogP contribution in [0.5, 0.6) is 0 Å². The van der Waals surface area contributed by atoms with E-state index < -0.39 is 0 Å². The number of rotatable bonds is 4. The summed E-state index contributed by atoms with van der Waals surface area (Å²) >= 11 is 5.96. The molecule has 1 unspecified atom stereocenters. The number of nitrogens with one attached hydrogen (secondary N) is 1. The van der Waals surface area contributed by atoms with Crippen molar-refractivity contribution < 1.29 is 5.11 Å². The molecule has 1 aromatic carbocycles. The summed E-state index contributed by atoms with van der Waals surface area (Å²) in [7, 11) is 0. The molecule has 1 saturated heterocycles. The van der Waals surface area contributed by atoms with Crippen molar-refractivity contribution in [3.8, 4) is 0 Å². The number of halogens is 1. The Kier molecular flexibility index (Phi) is 4.26. The highest BCUT2D eigenvalue weighted by molar-refractivity contribution is 6.30. The molecule has 0 spiro atoms. The van der Waals surface area contributed by atoms with Gasteiger partial charge >= 0.3 is 0 Å². The number of benzene rings is 1. The van der Waals surface area contributed by atoms with Crippen molar-refractivity contribution in [1.82, 2.24) is 5.32 Å². The molecule has 1 aliphatic rings. The number of anilines is 1. The molecule has 1 heterocycles. The summed E-state index contributed by atoms with van der Waals surface area (Å²) in [4.78, 5) is 2.38. The van der Waals surface area contributed by atoms with Crippen LogP contribution in [0.15, 0.2) is 18.2 Å². The highest BCUT2D eigenvalue weighted by Gasteiger charge is 2.22. The Morgan fingerprint density at radius 1 is 1.53 bits per heavy atom. The molecule has 1 aromatic rings. The number of aliphatic hydroxyl groups is 1. The first kappa shape index (κ1) is 12.7. The van der Waals surface area contributed by atoms with Gasteiger partial charge in [0.05, 0.1) is 6.61 Å². The zero-order valence-electron chi connectivity index (χ0n) is 10.1. The molecule has 2 N–H and O–H groups in total. The molecule has 0 bridgehead atoms. The first-order valence-corrected chi connectivity index (χ1v) is 6.44. The van der Waals surface area contributed by atoms with Gasteiger partial charge in [0, 0.05) is 36.4 Å². The maximum atomic E-state index is 8.79. The molecule has 0 amide bonds. The summed E-state index contributed by atoms with van der Waals surface area (Å²) < 4.78 is 0. The topological polar surface area (TPSA) is 35.5 Å². The van der Waals surface area contributed by atoms with Crippen LogP contribution < -0.4 is 10.2 Å². The molecule has 0 aromatic heterocycles. The van der Waals surface area contributed by atoms with Gasteiger partial charge in [-0.25, -0.2) is 0 Å². The molecule has 94 valence electrons. The minimum atomic E-state index is 0.205. The first-order valence-electron chi connectivity index (χ1n) is 6.06. The minimum Gasteiger partial charge on any atom is -0.395 e. The third-order valence-corrected chi connectivity index (χ3v) is 3.47. The van der Waals surface area contributed by atoms with Crippen molar-refractivity contribution >= 4 is 17.3 Å². The zero-order chi connectivity index (χ0) is 12.3. The van der Waals surface area contributed by atoms with Crippen LogP contribution in [0, 0.1) is 6.92 Å². The van der Waals surface area contributed by atoms with E-state index in [9.17, 15) is 0 Å². The summed E-state index contributed by atoms with van der Waals surface area (Å²) in [5.74, 6) is 0. The summed E-state index contributed by atoms with van der Waals surface area (Å²) in [6.45, 7) is 5.04. The Morgan fingerprint density at radius 3 is 3.06 bits per heavy atom. The Balaban J connectivity index is 2.00. The second-order valence-corrected chi connectivity index (χ2v) is 4.98. The average molecular weight is 255 g/mol. The summed E-state index contributed by atoms with van der Waals surface area (Å²) in [5.41, 5.74) is 2.49. The Morgan fingerprint density at radius 2 is 2.35 bits per heavy atom. The minimum absolute atomic E-state index is 0.205. The molecule has 17 heavy (non-hydrogen) atoms. The number of aliphatic hydroxyl groups excluding tert-OH is 1. The Bertz CT molecular complexity index is 384. The lowest BCUT2D eigenvalue weighted by Gasteiger charge is -2.21. The fourth-order valence-electron chi connectivity index (χ4n) is 2.39. The number of nitrogens with zero attached hydrogens (tertiary/aromatic N) is 1. The lowest BCUT2D eigenvalue weighted by Crippen LogP contribution is -2.34. The maximum Gasteiger partial charge on any atom is 0.0556 e. The normalized spacial score (nSPS) is 19.9. The van der Waals surface area contributed by atoms with Crippen LogP contribution in [0.3, 0.4) is 0 Å². The molecule has 1 aliphatic heterocycles. The van der Waals surface area contributed by atoms with Crippen molar-refractivity contribution in [3.05, 3.63) is 28.8 Å². The summed E-state index contributed by atoms with van der Waals surface area (Å²) in [5, 5.41) is 12.9. The maximum absolute atomic E-state index is 8.79. The largest absolute Gasteiger partial charge is 0.395 e. The van der Waals surface area contributed by atoms with E-state index in [0.717, 1.165) is 24.5 Å². The molecule has 1 atom stereocenters. The van der Waals surface area contributed by atoms with Crippen LogP contribution in [0.25, 0.3) is 0 Å². The lowest BCUT2D eigenvalue weighted by atomic mass is 10.2. The molecular weight excluding hydrogens is 236 g/mol. The second kappa shape index (κ2) is 5.71. The van der Waals surface area contributed by atoms with Gasteiger partial charge in [0.25, 0.3) is 0 Å². The molecule has 4 heteroatoms. The van der Waals surface area contributed by atoms with Gasteiger partial charge in [-0.05, 0) is 37.1 Å². The highest BCUT2D eigenvalue weighted by Crippen LogP contribution is 2.26. The van der Waals surface area contributed by atoms with E-state index in [1.54, 1.807) is 0 Å². The predicted molar refractivity (Wildman–Crippen MR) is 71.9 cm³/mol. The van der Waals surface area contributed by atoms with Gasteiger partial charge in [0.1, 0.15) is 0 Å². The standard InChI is InChI=1S/C13H19ClN2O/c1-10-8-11(14)2-3-13(10)16-6-4-12(9-16)15-5-7-17/h2-3,8,12,15,17H,4-7,9H2,1H3. The molecule has 3 nitrogen and oxygen atoms in total. The van der Waals surface area contributed by atoms with Crippen molar-refractivity contribution in [3.63, 3.8) is 0 Å². The third kappa shape index (κ3) is 3.12. The number of aryl methyl sites for hydroxylation is 1. The van der Waals surface area contributed by atoms with Gasteiger partial charge in [-0.1, -0.05) is 11.6 Å². The Labute approximate surface area is 107 Å². The number of hydrogen-bond donors (Lipinski definition) is 2. The fraction of sp³-hybridized carbons (Fsp3) is 0.538. The van der Waals surface area contributed by atoms with Gasteiger partial charge in [-0.15, -0.1) is 0 Å². The SMILES string of the molecule is Cc1cc(Cl)ccc1N1CCC(NCCO)C1. The molecule has 0 saturated carbocycles. The van der Waals surface area contributed by atoms with Crippen LogP contribution >= 0.6 is 11.6 Å². The molecule has 2 rings (SSSR count). The third-order valence-electron chi connectivity index (χ3n) is 3.23. The monoisotopic (exact) mass is 254 g/mol. The first-order chi connectivity index (χ1) is 8.20. The van der Waals surface area contributed by atoms with E-state index in [0.29, 0.717) is 12.6 Å². The molecule has 1 fully saturated rings.